The predicted molar refractivity (Wildman–Crippen MR) is 66.1 cm³/mol. The highest BCUT2D eigenvalue weighted by Crippen LogP contribution is 2.40. The lowest BCUT2D eigenvalue weighted by molar-refractivity contribution is -0.137. The number of nitrogens with zero attached hydrogens (tertiary/aromatic N) is 1. The molecule has 1 aliphatic heterocycles. The second-order valence-electron chi connectivity index (χ2n) is 4.86. The molecule has 0 unspecified atom stereocenters. The number of rotatable bonds is 2. The summed E-state index contributed by atoms with van der Waals surface area (Å²) in [6.07, 6.45) is -4.65. The number of benzene rings is 1. The SMILES string of the molecule is CC(F)(F)c1ccc(N2CCNCC2)c(C(F)(F)F)c1. The van der Waals surface area contributed by atoms with Crippen molar-refractivity contribution >= 4 is 5.69 Å². The summed E-state index contributed by atoms with van der Waals surface area (Å²) >= 11 is 0. The third-order valence-corrected chi connectivity index (χ3v) is 3.27. The molecule has 0 bridgehead atoms. The van der Waals surface area contributed by atoms with Crippen LogP contribution in [0.1, 0.15) is 18.1 Å². The Morgan fingerprint density at radius 2 is 1.65 bits per heavy atom. The minimum Gasteiger partial charge on any atom is -0.368 e. The van der Waals surface area contributed by atoms with Crippen molar-refractivity contribution in [1.82, 2.24) is 5.32 Å². The minimum atomic E-state index is -4.65. The summed E-state index contributed by atoms with van der Waals surface area (Å²) in [7, 11) is 0. The maximum absolute atomic E-state index is 13.2. The molecule has 1 saturated heterocycles. The number of alkyl halides is 5. The van der Waals surface area contributed by atoms with Crippen molar-refractivity contribution in [2.24, 2.45) is 0 Å². The van der Waals surface area contributed by atoms with Gasteiger partial charge in [-0.25, -0.2) is 8.78 Å². The van der Waals surface area contributed by atoms with Crippen molar-refractivity contribution in [1.29, 1.82) is 0 Å². The fraction of sp³-hybridized carbons (Fsp3) is 0.538. The van der Waals surface area contributed by atoms with E-state index in [9.17, 15) is 22.0 Å². The first kappa shape index (κ1) is 15.0. The molecule has 1 aromatic rings. The van der Waals surface area contributed by atoms with Gasteiger partial charge < -0.3 is 10.2 Å². The zero-order valence-electron chi connectivity index (χ0n) is 10.9. The number of piperazine rings is 1. The van der Waals surface area contributed by atoms with Crippen LogP contribution in [-0.2, 0) is 12.1 Å². The van der Waals surface area contributed by atoms with Gasteiger partial charge in [0.2, 0.25) is 0 Å². The summed E-state index contributed by atoms with van der Waals surface area (Å²) in [5, 5.41) is 3.04. The average molecular weight is 294 g/mol. The molecule has 0 amide bonds. The van der Waals surface area contributed by atoms with Gasteiger partial charge in [-0.1, -0.05) is 6.07 Å². The minimum absolute atomic E-state index is 0.0352. The summed E-state index contributed by atoms with van der Waals surface area (Å²) in [4.78, 5) is 1.57. The molecule has 1 aromatic carbocycles. The van der Waals surface area contributed by atoms with E-state index >= 15 is 0 Å². The predicted octanol–water partition coefficient (Wildman–Crippen LogP) is 3.23. The Morgan fingerprint density at radius 3 is 2.15 bits per heavy atom. The summed E-state index contributed by atoms with van der Waals surface area (Å²) in [5.74, 6) is -3.29. The first-order valence-electron chi connectivity index (χ1n) is 6.25. The highest BCUT2D eigenvalue weighted by Gasteiger charge is 2.37. The molecule has 0 aliphatic carbocycles. The Balaban J connectivity index is 2.45. The van der Waals surface area contributed by atoms with E-state index in [0.717, 1.165) is 12.1 Å². The quantitative estimate of drug-likeness (QED) is 0.843. The lowest BCUT2D eigenvalue weighted by Crippen LogP contribution is -2.44. The van der Waals surface area contributed by atoms with Crippen LogP contribution in [-0.4, -0.2) is 26.2 Å². The second kappa shape index (κ2) is 5.20. The number of halogens is 5. The zero-order valence-corrected chi connectivity index (χ0v) is 10.9. The highest BCUT2D eigenvalue weighted by molar-refractivity contribution is 5.57. The summed E-state index contributed by atoms with van der Waals surface area (Å²) in [6, 6.07) is 2.75. The molecule has 1 fully saturated rings. The Bertz CT molecular complexity index is 473. The number of hydrogen-bond acceptors (Lipinski definition) is 2. The van der Waals surface area contributed by atoms with E-state index in [2.05, 4.69) is 5.32 Å². The maximum atomic E-state index is 13.2. The Hall–Kier alpha value is -1.37. The zero-order chi connectivity index (χ0) is 15.0. The van der Waals surface area contributed by atoms with Crippen LogP contribution in [0.3, 0.4) is 0 Å². The lowest BCUT2D eigenvalue weighted by atomic mass is 10.0. The molecule has 7 heteroatoms. The van der Waals surface area contributed by atoms with E-state index in [-0.39, 0.29) is 5.69 Å². The molecule has 20 heavy (non-hydrogen) atoms. The molecule has 0 aromatic heterocycles. The van der Waals surface area contributed by atoms with Gasteiger partial charge in [0.15, 0.2) is 0 Å². The van der Waals surface area contributed by atoms with Crippen molar-refractivity contribution in [3.8, 4) is 0 Å². The molecule has 0 spiro atoms. The van der Waals surface area contributed by atoms with Crippen molar-refractivity contribution in [3.63, 3.8) is 0 Å². The molecule has 1 aliphatic rings. The van der Waals surface area contributed by atoms with Crippen LogP contribution in [0.2, 0.25) is 0 Å². The van der Waals surface area contributed by atoms with Crippen molar-refractivity contribution in [2.45, 2.75) is 19.0 Å². The Morgan fingerprint density at radius 1 is 1.05 bits per heavy atom. The van der Waals surface area contributed by atoms with E-state index in [1.165, 1.54) is 0 Å². The van der Waals surface area contributed by atoms with Crippen molar-refractivity contribution < 1.29 is 22.0 Å². The molecular formula is C13H15F5N2. The molecule has 2 nitrogen and oxygen atoms in total. The van der Waals surface area contributed by atoms with Crippen LogP contribution in [0.15, 0.2) is 18.2 Å². The maximum Gasteiger partial charge on any atom is 0.418 e. The van der Waals surface area contributed by atoms with Gasteiger partial charge in [0.05, 0.1) is 5.56 Å². The molecule has 0 saturated carbocycles. The largest absolute Gasteiger partial charge is 0.418 e. The highest BCUT2D eigenvalue weighted by atomic mass is 19.4. The van der Waals surface area contributed by atoms with Gasteiger partial charge in [0.25, 0.3) is 5.92 Å². The first-order valence-corrected chi connectivity index (χ1v) is 6.25. The average Bonchev–Trinajstić information content (AvgIpc) is 2.37. The molecule has 2 rings (SSSR count). The smallest absolute Gasteiger partial charge is 0.368 e. The molecule has 0 radical (unpaired) electrons. The topological polar surface area (TPSA) is 15.3 Å². The molecule has 1 N–H and O–H groups in total. The fourth-order valence-electron chi connectivity index (χ4n) is 2.22. The van der Waals surface area contributed by atoms with Crippen LogP contribution >= 0.6 is 0 Å². The van der Waals surface area contributed by atoms with Gasteiger partial charge in [-0.05, 0) is 12.1 Å². The molecule has 0 atom stereocenters. The first-order chi connectivity index (χ1) is 9.19. The second-order valence-corrected chi connectivity index (χ2v) is 4.86. The van der Waals surface area contributed by atoms with Gasteiger partial charge in [-0.15, -0.1) is 0 Å². The Labute approximate surface area is 113 Å². The molecular weight excluding hydrogens is 279 g/mol. The van der Waals surface area contributed by atoms with E-state index in [0.29, 0.717) is 39.2 Å². The molecule has 1 heterocycles. The third-order valence-electron chi connectivity index (χ3n) is 3.27. The van der Waals surface area contributed by atoms with Gasteiger partial charge in [0, 0.05) is 44.4 Å². The monoisotopic (exact) mass is 294 g/mol. The Kier molecular flexibility index (Phi) is 3.90. The van der Waals surface area contributed by atoms with Gasteiger partial charge in [0.1, 0.15) is 0 Å². The van der Waals surface area contributed by atoms with Crippen molar-refractivity contribution in [3.05, 3.63) is 29.3 Å². The van der Waals surface area contributed by atoms with E-state index in [1.54, 1.807) is 4.90 Å². The summed E-state index contributed by atoms with van der Waals surface area (Å²) < 4.78 is 65.7. The van der Waals surface area contributed by atoms with Crippen LogP contribution in [0.25, 0.3) is 0 Å². The van der Waals surface area contributed by atoms with Crippen LogP contribution in [0, 0.1) is 0 Å². The van der Waals surface area contributed by atoms with Gasteiger partial charge >= 0.3 is 6.18 Å². The van der Waals surface area contributed by atoms with Gasteiger partial charge in [-0.2, -0.15) is 13.2 Å². The van der Waals surface area contributed by atoms with Crippen LogP contribution < -0.4 is 10.2 Å². The van der Waals surface area contributed by atoms with E-state index in [1.807, 2.05) is 0 Å². The van der Waals surface area contributed by atoms with Crippen LogP contribution in [0.4, 0.5) is 27.6 Å². The number of anilines is 1. The molecule has 112 valence electrons. The van der Waals surface area contributed by atoms with Crippen molar-refractivity contribution in [2.75, 3.05) is 31.1 Å². The van der Waals surface area contributed by atoms with E-state index < -0.39 is 23.2 Å². The normalized spacial score (nSPS) is 17.4. The van der Waals surface area contributed by atoms with E-state index in [4.69, 9.17) is 0 Å². The van der Waals surface area contributed by atoms with Gasteiger partial charge in [-0.3, -0.25) is 0 Å². The number of nitrogens with one attached hydrogen (secondary N) is 1. The summed E-state index contributed by atoms with van der Waals surface area (Å²) in [5.41, 5.74) is -1.66. The fourth-order valence-corrected chi connectivity index (χ4v) is 2.22. The third kappa shape index (κ3) is 3.20. The number of hydrogen-bond donors (Lipinski definition) is 1. The lowest BCUT2D eigenvalue weighted by Gasteiger charge is -2.32. The summed E-state index contributed by atoms with van der Waals surface area (Å²) in [6.45, 7) is 2.58. The standard InChI is InChI=1S/C13H15F5N2/c1-12(14,15)9-2-3-11(10(8-9)13(16,17)18)20-6-4-19-5-7-20/h2-3,8,19H,4-7H2,1H3. The van der Waals surface area contributed by atoms with Crippen LogP contribution in [0.5, 0.6) is 0 Å².